The molecular weight excluding hydrogens is 492 g/mol. The highest BCUT2D eigenvalue weighted by atomic mass is 14.6. The summed E-state index contributed by atoms with van der Waals surface area (Å²) in [5.74, 6) is 0.903. The van der Waals surface area contributed by atoms with E-state index in [9.17, 15) is 0 Å². The lowest BCUT2D eigenvalue weighted by Gasteiger charge is -2.44. The maximum Gasteiger partial charge on any atom is 0.0473 e. The van der Waals surface area contributed by atoms with Crippen LogP contribution in [0.3, 0.4) is 0 Å². The Kier molecular flexibility index (Phi) is 4.77. The number of fused-ring (bicyclic) bond motifs is 12. The van der Waals surface area contributed by atoms with Crippen molar-refractivity contribution in [2.75, 3.05) is 0 Å². The van der Waals surface area contributed by atoms with Crippen LogP contribution in [0.1, 0.15) is 88.8 Å². The number of hydrogen-bond acceptors (Lipinski definition) is 0. The summed E-state index contributed by atoms with van der Waals surface area (Å²) >= 11 is 0. The van der Waals surface area contributed by atoms with Gasteiger partial charge >= 0.3 is 0 Å². The fraction of sp³-hybridized carbons (Fsp3) is 0.317. The van der Waals surface area contributed by atoms with Gasteiger partial charge in [-0.25, -0.2) is 0 Å². The summed E-state index contributed by atoms with van der Waals surface area (Å²) < 4.78 is 0. The van der Waals surface area contributed by atoms with Gasteiger partial charge in [-0.2, -0.15) is 0 Å². The lowest BCUT2D eigenvalue weighted by Crippen LogP contribution is -2.39. The van der Waals surface area contributed by atoms with Gasteiger partial charge in [-0.05, 0) is 92.1 Å². The normalized spacial score (nSPS) is 24.3. The van der Waals surface area contributed by atoms with E-state index in [1.165, 1.54) is 77.6 Å². The van der Waals surface area contributed by atoms with E-state index >= 15 is 0 Å². The van der Waals surface area contributed by atoms with Crippen molar-refractivity contribution in [2.45, 2.75) is 71.6 Å². The molecule has 4 aromatic carbocycles. The van der Waals surface area contributed by atoms with Crippen molar-refractivity contribution in [3.05, 3.63) is 129 Å². The minimum atomic E-state index is -0.186. The molecule has 2 atom stereocenters. The molecule has 41 heavy (non-hydrogen) atoms. The van der Waals surface area contributed by atoms with E-state index in [-0.39, 0.29) is 16.2 Å². The highest BCUT2D eigenvalue weighted by Gasteiger charge is 2.56. The number of rotatable bonds is 1. The van der Waals surface area contributed by atoms with Gasteiger partial charge in [-0.15, -0.1) is 0 Å². The Balaban J connectivity index is 1.53. The summed E-state index contributed by atoms with van der Waals surface area (Å²) in [5.41, 5.74) is 17.5. The highest BCUT2D eigenvalue weighted by Crippen LogP contribution is 2.68. The smallest absolute Gasteiger partial charge is 0.0473 e. The molecular formula is C41H40. The Morgan fingerprint density at radius 1 is 0.634 bits per heavy atom. The van der Waals surface area contributed by atoms with Crippen molar-refractivity contribution in [3.63, 3.8) is 0 Å². The average molecular weight is 533 g/mol. The van der Waals surface area contributed by atoms with Gasteiger partial charge in [-0.3, -0.25) is 0 Å². The van der Waals surface area contributed by atoms with Crippen LogP contribution in [-0.4, -0.2) is 0 Å². The van der Waals surface area contributed by atoms with Gasteiger partial charge in [0.25, 0.3) is 0 Å². The molecule has 204 valence electrons. The highest BCUT2D eigenvalue weighted by molar-refractivity contribution is 6.12. The Bertz CT molecular complexity index is 1930. The minimum Gasteiger partial charge on any atom is -0.0682 e. The van der Waals surface area contributed by atoms with E-state index in [4.69, 9.17) is 0 Å². The van der Waals surface area contributed by atoms with Crippen LogP contribution < -0.4 is 0 Å². The molecule has 2 unspecified atom stereocenters. The monoisotopic (exact) mass is 532 g/mol. The minimum absolute atomic E-state index is 0.0215. The molecule has 4 aromatic rings. The standard InChI is InChI=1S/C41H40/c1-23(2)34-25(4)21-24(3)22-41(34)32-20-19-30-36(33(32)29-18-17-26-13-9-10-14-27(26)35(29)41)40(7,8)37-28-15-11-12-16-31(28)39(5,6)38(30)37/h9-23,34H,1-8H3. The molecule has 0 amide bonds. The fourth-order valence-corrected chi connectivity index (χ4v) is 10.0. The molecule has 0 heterocycles. The topological polar surface area (TPSA) is 0 Å². The second-order valence-corrected chi connectivity index (χ2v) is 14.5. The SMILES string of the molecule is CC1=CC2(c3ccc4c(c3-c3ccc5ccccc5c32)C(C)(C)C2=C4C(C)(C)c3ccccc32)C(C(C)C)C(C)=C1. The van der Waals surface area contributed by atoms with Gasteiger partial charge < -0.3 is 0 Å². The Labute approximate surface area is 245 Å². The van der Waals surface area contributed by atoms with Crippen LogP contribution in [0, 0.1) is 11.8 Å². The number of allylic oxidation sites excluding steroid dienone is 6. The predicted octanol–water partition coefficient (Wildman–Crippen LogP) is 10.8. The second-order valence-electron chi connectivity index (χ2n) is 14.5. The molecule has 0 radical (unpaired) electrons. The second kappa shape index (κ2) is 7.80. The summed E-state index contributed by atoms with van der Waals surface area (Å²) in [4.78, 5) is 0. The van der Waals surface area contributed by atoms with Gasteiger partial charge in [0, 0.05) is 16.2 Å². The van der Waals surface area contributed by atoms with Crippen molar-refractivity contribution in [2.24, 2.45) is 11.8 Å². The van der Waals surface area contributed by atoms with Gasteiger partial charge in [-0.1, -0.05) is 138 Å². The van der Waals surface area contributed by atoms with Crippen LogP contribution in [0.5, 0.6) is 0 Å². The zero-order valence-corrected chi connectivity index (χ0v) is 25.7. The van der Waals surface area contributed by atoms with Crippen molar-refractivity contribution in [1.29, 1.82) is 0 Å². The average Bonchev–Trinajstić information content (AvgIpc) is 3.44. The third kappa shape index (κ3) is 2.82. The van der Waals surface area contributed by atoms with Crippen molar-refractivity contribution in [1.82, 2.24) is 0 Å². The summed E-state index contributed by atoms with van der Waals surface area (Å²) in [5, 5.41) is 2.74. The zero-order chi connectivity index (χ0) is 28.6. The molecule has 0 aromatic heterocycles. The fourth-order valence-electron chi connectivity index (χ4n) is 10.0. The first-order chi connectivity index (χ1) is 19.5. The first-order valence-corrected chi connectivity index (χ1v) is 15.4. The zero-order valence-electron chi connectivity index (χ0n) is 25.7. The molecule has 4 aliphatic rings. The first kappa shape index (κ1) is 25.1. The third-order valence-corrected chi connectivity index (χ3v) is 11.1. The Morgan fingerprint density at radius 2 is 1.32 bits per heavy atom. The van der Waals surface area contributed by atoms with Gasteiger partial charge in [0.15, 0.2) is 0 Å². The van der Waals surface area contributed by atoms with Gasteiger partial charge in [0.2, 0.25) is 0 Å². The van der Waals surface area contributed by atoms with E-state index < -0.39 is 0 Å². The number of hydrogen-bond donors (Lipinski definition) is 0. The van der Waals surface area contributed by atoms with Gasteiger partial charge in [0.05, 0.1) is 0 Å². The largest absolute Gasteiger partial charge is 0.0682 e. The molecule has 0 saturated carbocycles. The molecule has 0 aliphatic heterocycles. The first-order valence-electron chi connectivity index (χ1n) is 15.4. The maximum atomic E-state index is 2.64. The van der Waals surface area contributed by atoms with E-state index in [0.717, 1.165) is 0 Å². The molecule has 0 saturated heterocycles. The van der Waals surface area contributed by atoms with Crippen LogP contribution in [-0.2, 0) is 16.2 Å². The molecule has 4 aliphatic carbocycles. The van der Waals surface area contributed by atoms with Crippen LogP contribution in [0.4, 0.5) is 0 Å². The van der Waals surface area contributed by atoms with Crippen LogP contribution in [0.2, 0.25) is 0 Å². The van der Waals surface area contributed by atoms with Crippen LogP contribution >= 0.6 is 0 Å². The van der Waals surface area contributed by atoms with Crippen LogP contribution in [0.15, 0.2) is 96.1 Å². The quantitative estimate of drug-likeness (QED) is 0.229. The molecule has 0 fully saturated rings. The van der Waals surface area contributed by atoms with E-state index in [2.05, 4.69) is 140 Å². The molecule has 0 N–H and O–H groups in total. The van der Waals surface area contributed by atoms with Crippen LogP contribution in [0.25, 0.3) is 33.0 Å². The Morgan fingerprint density at radius 3 is 2.10 bits per heavy atom. The summed E-state index contributed by atoms with van der Waals surface area (Å²) in [6.07, 6.45) is 5.07. The Hall–Kier alpha value is -3.64. The predicted molar refractivity (Wildman–Crippen MR) is 175 cm³/mol. The molecule has 0 bridgehead atoms. The summed E-state index contributed by atoms with van der Waals surface area (Å²) in [7, 11) is 0. The van der Waals surface area contributed by atoms with E-state index in [1.54, 1.807) is 0 Å². The van der Waals surface area contributed by atoms with E-state index in [0.29, 0.717) is 11.8 Å². The molecule has 1 spiro atoms. The van der Waals surface area contributed by atoms with Crippen molar-refractivity contribution < 1.29 is 0 Å². The number of benzene rings is 4. The third-order valence-electron chi connectivity index (χ3n) is 11.1. The van der Waals surface area contributed by atoms with Gasteiger partial charge in [0.1, 0.15) is 0 Å². The van der Waals surface area contributed by atoms with E-state index in [1.807, 2.05) is 0 Å². The van der Waals surface area contributed by atoms with Crippen molar-refractivity contribution in [3.8, 4) is 11.1 Å². The lowest BCUT2D eigenvalue weighted by molar-refractivity contribution is 0.336. The van der Waals surface area contributed by atoms with Crippen molar-refractivity contribution >= 4 is 21.9 Å². The molecule has 0 heteroatoms. The maximum absolute atomic E-state index is 2.64. The summed E-state index contributed by atoms with van der Waals surface area (Å²) in [6.45, 7) is 19.4. The summed E-state index contributed by atoms with van der Waals surface area (Å²) in [6, 6.07) is 28.1. The molecule has 0 nitrogen and oxygen atoms in total. The lowest BCUT2D eigenvalue weighted by atomic mass is 9.58. The molecule has 8 rings (SSSR count).